The second kappa shape index (κ2) is 7.51. The number of hydrogen-bond donors (Lipinski definition) is 0. The molecule has 0 N–H and O–H groups in total. The van der Waals surface area contributed by atoms with Gasteiger partial charge in [0.1, 0.15) is 0 Å². The zero-order valence-corrected chi connectivity index (χ0v) is 14.5. The predicted octanol–water partition coefficient (Wildman–Crippen LogP) is 3.35. The van der Waals surface area contributed by atoms with E-state index in [4.69, 9.17) is 4.74 Å². The first-order valence-electron chi connectivity index (χ1n) is 7.76. The van der Waals surface area contributed by atoms with Crippen molar-refractivity contribution in [3.63, 3.8) is 0 Å². The van der Waals surface area contributed by atoms with Crippen molar-refractivity contribution < 1.29 is 18.1 Å². The van der Waals surface area contributed by atoms with Crippen LogP contribution in [0.4, 0.5) is 5.69 Å². The summed E-state index contributed by atoms with van der Waals surface area (Å²) in [7, 11) is -3.95. The van der Waals surface area contributed by atoms with Gasteiger partial charge in [-0.2, -0.15) is 0 Å². The quantitative estimate of drug-likeness (QED) is 0.468. The number of nitro groups is 1. The largest absolute Gasteiger partial charge is 0.371 e. The molecule has 0 saturated heterocycles. The van der Waals surface area contributed by atoms with E-state index >= 15 is 0 Å². The van der Waals surface area contributed by atoms with Crippen LogP contribution in [0.2, 0.25) is 0 Å². The molecule has 0 aliphatic carbocycles. The topological polar surface area (TPSA) is 91.4 Å². The van der Waals surface area contributed by atoms with Crippen molar-refractivity contribution in [2.24, 2.45) is 0 Å². The van der Waals surface area contributed by atoms with E-state index in [0.717, 1.165) is 15.6 Å². The molecule has 0 aliphatic heterocycles. The average molecular weight is 372 g/mol. The minimum atomic E-state index is -3.95. The molecule has 0 radical (unpaired) electrons. The number of benzene rings is 2. The number of hydrogen-bond acceptors (Lipinski definition) is 5. The van der Waals surface area contributed by atoms with E-state index in [0.29, 0.717) is 12.3 Å². The van der Waals surface area contributed by atoms with Crippen LogP contribution < -0.4 is 0 Å². The molecule has 0 saturated carbocycles. The second-order valence-electron chi connectivity index (χ2n) is 5.53. The monoisotopic (exact) mass is 372 g/mol. The van der Waals surface area contributed by atoms with Gasteiger partial charge in [0.25, 0.3) is 15.7 Å². The molecule has 0 amide bonds. The molecule has 3 aromatic rings. The number of aromatic nitrogens is 1. The highest BCUT2D eigenvalue weighted by atomic mass is 32.2. The van der Waals surface area contributed by atoms with Crippen molar-refractivity contribution in [3.8, 4) is 0 Å². The molecule has 2 aromatic carbocycles. The van der Waals surface area contributed by atoms with E-state index in [1.807, 2.05) is 30.3 Å². The zero-order chi connectivity index (χ0) is 18.6. The third-order valence-electron chi connectivity index (χ3n) is 3.74. The van der Waals surface area contributed by atoms with Gasteiger partial charge in [0, 0.05) is 18.3 Å². The standard InChI is InChI=1S/C18H16N2O5S/c21-20(22)16-8-4-10-18(12-16)26(23,24)19-11-5-9-17(19)14-25-13-15-6-2-1-3-7-15/h1-12H,13-14H2. The molecule has 0 fully saturated rings. The normalized spacial score (nSPS) is 11.4. The van der Waals surface area contributed by atoms with Crippen molar-refractivity contribution in [3.05, 3.63) is 94.3 Å². The molecule has 7 nitrogen and oxygen atoms in total. The van der Waals surface area contributed by atoms with E-state index in [2.05, 4.69) is 0 Å². The summed E-state index contributed by atoms with van der Waals surface area (Å²) in [4.78, 5) is 10.1. The Morgan fingerprint density at radius 2 is 1.73 bits per heavy atom. The molecule has 1 heterocycles. The van der Waals surface area contributed by atoms with Crippen molar-refractivity contribution in [1.82, 2.24) is 3.97 Å². The Bertz CT molecular complexity index is 1010. The van der Waals surface area contributed by atoms with E-state index in [-0.39, 0.29) is 17.2 Å². The van der Waals surface area contributed by atoms with Crippen molar-refractivity contribution in [2.45, 2.75) is 18.1 Å². The molecule has 8 heteroatoms. The third kappa shape index (κ3) is 3.81. The summed E-state index contributed by atoms with van der Waals surface area (Å²) in [5, 5.41) is 10.9. The lowest BCUT2D eigenvalue weighted by Gasteiger charge is -2.11. The van der Waals surface area contributed by atoms with Crippen LogP contribution in [-0.2, 0) is 28.0 Å². The van der Waals surface area contributed by atoms with E-state index in [1.165, 1.54) is 24.4 Å². The molecule has 0 unspecified atom stereocenters. The van der Waals surface area contributed by atoms with Crippen LogP contribution in [-0.4, -0.2) is 17.3 Å². The molecule has 134 valence electrons. The highest BCUT2D eigenvalue weighted by Crippen LogP contribution is 2.21. The minimum absolute atomic E-state index is 0.0933. The molecule has 0 aliphatic rings. The summed E-state index contributed by atoms with van der Waals surface area (Å²) in [6.07, 6.45) is 1.40. The summed E-state index contributed by atoms with van der Waals surface area (Å²) in [5.74, 6) is 0. The lowest BCUT2D eigenvalue weighted by molar-refractivity contribution is -0.385. The van der Waals surface area contributed by atoms with Gasteiger partial charge in [-0.25, -0.2) is 12.4 Å². The number of nitrogens with zero attached hydrogens (tertiary/aromatic N) is 2. The van der Waals surface area contributed by atoms with E-state index in [1.54, 1.807) is 12.1 Å². The number of ether oxygens (including phenoxy) is 1. The van der Waals surface area contributed by atoms with Gasteiger partial charge >= 0.3 is 0 Å². The van der Waals surface area contributed by atoms with Gasteiger partial charge in [-0.15, -0.1) is 0 Å². The van der Waals surface area contributed by atoms with Gasteiger partial charge in [0.05, 0.1) is 28.7 Å². The first kappa shape index (κ1) is 17.8. The Kier molecular flexibility index (Phi) is 5.15. The molecule has 0 spiro atoms. The zero-order valence-electron chi connectivity index (χ0n) is 13.7. The van der Waals surface area contributed by atoms with Gasteiger partial charge in [-0.3, -0.25) is 10.1 Å². The second-order valence-corrected chi connectivity index (χ2v) is 7.35. The van der Waals surface area contributed by atoms with Crippen LogP contribution in [0.5, 0.6) is 0 Å². The molecule has 0 bridgehead atoms. The Morgan fingerprint density at radius 1 is 0.962 bits per heavy atom. The van der Waals surface area contributed by atoms with Crippen molar-refractivity contribution in [1.29, 1.82) is 0 Å². The fourth-order valence-electron chi connectivity index (χ4n) is 2.47. The lowest BCUT2D eigenvalue weighted by Crippen LogP contribution is -2.15. The SMILES string of the molecule is O=[N+]([O-])c1cccc(S(=O)(=O)n2cccc2COCc2ccccc2)c1. The van der Waals surface area contributed by atoms with Crippen molar-refractivity contribution in [2.75, 3.05) is 0 Å². The molecular formula is C18H16N2O5S. The fourth-order valence-corrected chi connectivity index (χ4v) is 3.87. The molecule has 1 aromatic heterocycles. The number of nitro benzene ring substituents is 1. The van der Waals surface area contributed by atoms with Gasteiger partial charge in [0.15, 0.2) is 0 Å². The van der Waals surface area contributed by atoms with Crippen LogP contribution in [0.15, 0.2) is 77.8 Å². The third-order valence-corrected chi connectivity index (χ3v) is 5.46. The maximum absolute atomic E-state index is 12.8. The van der Waals surface area contributed by atoms with E-state index in [9.17, 15) is 18.5 Å². The Morgan fingerprint density at radius 3 is 2.46 bits per heavy atom. The fraction of sp³-hybridized carbons (Fsp3) is 0.111. The lowest BCUT2D eigenvalue weighted by atomic mass is 10.2. The van der Waals surface area contributed by atoms with Crippen LogP contribution in [0.3, 0.4) is 0 Å². The van der Waals surface area contributed by atoms with Crippen LogP contribution >= 0.6 is 0 Å². The first-order valence-corrected chi connectivity index (χ1v) is 9.20. The maximum Gasteiger partial charge on any atom is 0.270 e. The van der Waals surface area contributed by atoms with Crippen molar-refractivity contribution >= 4 is 15.7 Å². The number of rotatable bonds is 7. The van der Waals surface area contributed by atoms with Gasteiger partial charge < -0.3 is 4.74 Å². The van der Waals surface area contributed by atoms with Gasteiger partial charge in [-0.1, -0.05) is 36.4 Å². The van der Waals surface area contributed by atoms with Crippen LogP contribution in [0.1, 0.15) is 11.3 Å². The molecular weight excluding hydrogens is 356 g/mol. The van der Waals surface area contributed by atoms with Gasteiger partial charge in [-0.05, 0) is 23.8 Å². The minimum Gasteiger partial charge on any atom is -0.371 e. The summed E-state index contributed by atoms with van der Waals surface area (Å²) in [6, 6.07) is 17.7. The summed E-state index contributed by atoms with van der Waals surface area (Å²) in [5.41, 5.74) is 1.14. The molecule has 26 heavy (non-hydrogen) atoms. The summed E-state index contributed by atoms with van der Waals surface area (Å²) < 4.78 is 32.3. The maximum atomic E-state index is 12.8. The van der Waals surface area contributed by atoms with Crippen LogP contribution in [0, 0.1) is 10.1 Å². The Labute approximate surface area is 150 Å². The molecule has 0 atom stereocenters. The van der Waals surface area contributed by atoms with Gasteiger partial charge in [0.2, 0.25) is 0 Å². The Balaban J connectivity index is 1.80. The highest BCUT2D eigenvalue weighted by Gasteiger charge is 2.21. The van der Waals surface area contributed by atoms with Crippen LogP contribution in [0.25, 0.3) is 0 Å². The predicted molar refractivity (Wildman–Crippen MR) is 95.0 cm³/mol. The first-order chi connectivity index (χ1) is 12.5. The van der Waals surface area contributed by atoms with E-state index < -0.39 is 14.9 Å². The summed E-state index contributed by atoms with van der Waals surface area (Å²) >= 11 is 0. The number of non-ortho nitro benzene ring substituents is 1. The average Bonchev–Trinajstić information content (AvgIpc) is 3.12. The highest BCUT2D eigenvalue weighted by molar-refractivity contribution is 7.90. The smallest absolute Gasteiger partial charge is 0.270 e. The summed E-state index contributed by atoms with van der Waals surface area (Å²) in [6.45, 7) is 0.443. The molecule has 3 rings (SSSR count). The Hall–Kier alpha value is -2.97.